The molecule has 19 heavy (non-hydrogen) atoms. The third kappa shape index (κ3) is 3.19. The van der Waals surface area contributed by atoms with Crippen LogP contribution in [0.3, 0.4) is 0 Å². The van der Waals surface area contributed by atoms with Crippen molar-refractivity contribution in [1.82, 2.24) is 9.55 Å². The normalized spacial score (nSPS) is 10.3. The van der Waals surface area contributed by atoms with E-state index in [0.29, 0.717) is 13.2 Å². The molecule has 0 aliphatic carbocycles. The standard InChI is InChI=1S/C14H19N3O2/c1-4-19-13-6-5-11(7-14(13)18-3)16-9-12-8-15-10-17(12)2/h5-8,10,16H,4,9H2,1-3H3. The van der Waals surface area contributed by atoms with E-state index in [2.05, 4.69) is 10.3 Å². The third-order valence-corrected chi connectivity index (χ3v) is 2.85. The Kier molecular flexibility index (Phi) is 4.28. The first-order valence-corrected chi connectivity index (χ1v) is 6.24. The van der Waals surface area contributed by atoms with Crippen LogP contribution in [0.15, 0.2) is 30.7 Å². The largest absolute Gasteiger partial charge is 0.493 e. The van der Waals surface area contributed by atoms with E-state index in [1.54, 1.807) is 13.4 Å². The Labute approximate surface area is 113 Å². The first-order chi connectivity index (χ1) is 9.24. The molecule has 1 aromatic heterocycles. The van der Waals surface area contributed by atoms with Crippen molar-refractivity contribution >= 4 is 5.69 Å². The van der Waals surface area contributed by atoms with Gasteiger partial charge in [-0.15, -0.1) is 0 Å². The van der Waals surface area contributed by atoms with Gasteiger partial charge in [-0.05, 0) is 19.1 Å². The number of imidazole rings is 1. The van der Waals surface area contributed by atoms with Crippen LogP contribution < -0.4 is 14.8 Å². The average Bonchev–Trinajstić information content (AvgIpc) is 2.83. The number of aromatic nitrogens is 2. The summed E-state index contributed by atoms with van der Waals surface area (Å²) in [5, 5.41) is 3.34. The summed E-state index contributed by atoms with van der Waals surface area (Å²) in [7, 11) is 3.62. The zero-order chi connectivity index (χ0) is 13.7. The summed E-state index contributed by atoms with van der Waals surface area (Å²) in [5.41, 5.74) is 2.11. The second-order valence-corrected chi connectivity index (χ2v) is 4.15. The molecule has 2 aromatic rings. The van der Waals surface area contributed by atoms with Crippen molar-refractivity contribution in [1.29, 1.82) is 0 Å². The summed E-state index contributed by atoms with van der Waals surface area (Å²) in [4.78, 5) is 4.08. The van der Waals surface area contributed by atoms with E-state index in [4.69, 9.17) is 9.47 Å². The van der Waals surface area contributed by atoms with E-state index >= 15 is 0 Å². The number of aryl methyl sites for hydroxylation is 1. The van der Waals surface area contributed by atoms with Gasteiger partial charge in [-0.25, -0.2) is 4.98 Å². The monoisotopic (exact) mass is 261 g/mol. The predicted molar refractivity (Wildman–Crippen MR) is 74.7 cm³/mol. The van der Waals surface area contributed by atoms with Crippen LogP contribution in [0, 0.1) is 0 Å². The maximum atomic E-state index is 5.49. The lowest BCUT2D eigenvalue weighted by atomic mass is 10.2. The predicted octanol–water partition coefficient (Wildman–Crippen LogP) is 2.44. The van der Waals surface area contributed by atoms with Crippen LogP contribution in [0.25, 0.3) is 0 Å². The Hall–Kier alpha value is -2.17. The lowest BCUT2D eigenvalue weighted by Gasteiger charge is -2.12. The van der Waals surface area contributed by atoms with E-state index in [1.807, 2.05) is 42.9 Å². The number of benzene rings is 1. The molecule has 1 aromatic carbocycles. The van der Waals surface area contributed by atoms with Crippen molar-refractivity contribution in [2.24, 2.45) is 7.05 Å². The van der Waals surface area contributed by atoms with Gasteiger partial charge < -0.3 is 19.4 Å². The number of hydrogen-bond donors (Lipinski definition) is 1. The van der Waals surface area contributed by atoms with E-state index in [-0.39, 0.29) is 0 Å². The second kappa shape index (κ2) is 6.13. The summed E-state index contributed by atoms with van der Waals surface area (Å²) in [5.74, 6) is 1.49. The quantitative estimate of drug-likeness (QED) is 0.867. The Morgan fingerprint density at radius 3 is 2.79 bits per heavy atom. The van der Waals surface area contributed by atoms with Crippen LogP contribution in [0.4, 0.5) is 5.69 Å². The minimum atomic E-state index is 0.623. The molecule has 0 saturated heterocycles. The van der Waals surface area contributed by atoms with Gasteiger partial charge in [0, 0.05) is 25.0 Å². The van der Waals surface area contributed by atoms with Crippen LogP contribution in [0.1, 0.15) is 12.6 Å². The Balaban J connectivity index is 2.07. The van der Waals surface area contributed by atoms with E-state index in [0.717, 1.165) is 22.9 Å². The van der Waals surface area contributed by atoms with Gasteiger partial charge in [0.05, 0.1) is 32.3 Å². The van der Waals surface area contributed by atoms with E-state index in [9.17, 15) is 0 Å². The maximum Gasteiger partial charge on any atom is 0.162 e. The van der Waals surface area contributed by atoms with Gasteiger partial charge >= 0.3 is 0 Å². The fourth-order valence-corrected chi connectivity index (χ4v) is 1.80. The lowest BCUT2D eigenvalue weighted by Crippen LogP contribution is -2.04. The molecule has 0 atom stereocenters. The van der Waals surface area contributed by atoms with Crippen LogP contribution in [-0.2, 0) is 13.6 Å². The van der Waals surface area contributed by atoms with E-state index < -0.39 is 0 Å². The highest BCUT2D eigenvalue weighted by Crippen LogP contribution is 2.30. The van der Waals surface area contributed by atoms with Gasteiger partial charge in [0.1, 0.15) is 0 Å². The summed E-state index contributed by atoms with van der Waals surface area (Å²) in [6, 6.07) is 5.82. The van der Waals surface area contributed by atoms with Crippen molar-refractivity contribution in [3.05, 3.63) is 36.4 Å². The highest BCUT2D eigenvalue weighted by molar-refractivity contribution is 5.54. The molecule has 0 unspecified atom stereocenters. The first-order valence-electron chi connectivity index (χ1n) is 6.24. The smallest absolute Gasteiger partial charge is 0.162 e. The zero-order valence-electron chi connectivity index (χ0n) is 11.5. The molecule has 1 N–H and O–H groups in total. The van der Waals surface area contributed by atoms with Gasteiger partial charge in [0.25, 0.3) is 0 Å². The molecule has 0 radical (unpaired) electrons. The number of methoxy groups -OCH3 is 1. The summed E-state index contributed by atoms with van der Waals surface area (Å²) < 4.78 is 12.8. The SMILES string of the molecule is CCOc1ccc(NCc2cncn2C)cc1OC. The lowest BCUT2D eigenvalue weighted by molar-refractivity contribution is 0.311. The minimum Gasteiger partial charge on any atom is -0.493 e. The molecule has 1 heterocycles. The highest BCUT2D eigenvalue weighted by Gasteiger charge is 2.05. The molecular weight excluding hydrogens is 242 g/mol. The van der Waals surface area contributed by atoms with Gasteiger partial charge in [0.15, 0.2) is 11.5 Å². The van der Waals surface area contributed by atoms with Gasteiger partial charge in [-0.3, -0.25) is 0 Å². The summed E-state index contributed by atoms with van der Waals surface area (Å²) >= 11 is 0. The van der Waals surface area contributed by atoms with Crippen LogP contribution in [0.5, 0.6) is 11.5 Å². The number of rotatable bonds is 6. The molecule has 0 aliphatic heterocycles. The zero-order valence-corrected chi connectivity index (χ0v) is 11.5. The second-order valence-electron chi connectivity index (χ2n) is 4.15. The molecule has 0 aliphatic rings. The summed E-state index contributed by atoms with van der Waals surface area (Å²) in [6.07, 6.45) is 3.63. The average molecular weight is 261 g/mol. The van der Waals surface area contributed by atoms with Crippen LogP contribution in [0.2, 0.25) is 0 Å². The molecule has 0 amide bonds. The number of ether oxygens (including phenoxy) is 2. The molecule has 5 heteroatoms. The Morgan fingerprint density at radius 2 is 2.16 bits per heavy atom. The fraction of sp³-hybridized carbons (Fsp3) is 0.357. The van der Waals surface area contributed by atoms with E-state index in [1.165, 1.54) is 0 Å². The van der Waals surface area contributed by atoms with Gasteiger partial charge in [0.2, 0.25) is 0 Å². The third-order valence-electron chi connectivity index (χ3n) is 2.85. The molecule has 102 valence electrons. The van der Waals surface area contributed by atoms with Crippen molar-refractivity contribution in [2.45, 2.75) is 13.5 Å². The summed E-state index contributed by atoms with van der Waals surface area (Å²) in [6.45, 7) is 3.29. The minimum absolute atomic E-state index is 0.623. The maximum absolute atomic E-state index is 5.49. The number of nitrogens with zero attached hydrogens (tertiary/aromatic N) is 2. The molecule has 0 fully saturated rings. The van der Waals surface area contributed by atoms with Gasteiger partial charge in [-0.1, -0.05) is 0 Å². The molecule has 0 saturated carbocycles. The molecule has 5 nitrogen and oxygen atoms in total. The first kappa shape index (κ1) is 13.3. The van der Waals surface area contributed by atoms with Crippen molar-refractivity contribution in [2.75, 3.05) is 19.0 Å². The number of nitrogens with one attached hydrogen (secondary N) is 1. The van der Waals surface area contributed by atoms with Gasteiger partial charge in [-0.2, -0.15) is 0 Å². The van der Waals surface area contributed by atoms with Crippen molar-refractivity contribution in [3.63, 3.8) is 0 Å². The van der Waals surface area contributed by atoms with Crippen molar-refractivity contribution < 1.29 is 9.47 Å². The topological polar surface area (TPSA) is 48.3 Å². The van der Waals surface area contributed by atoms with Crippen LogP contribution >= 0.6 is 0 Å². The Morgan fingerprint density at radius 1 is 1.32 bits per heavy atom. The highest BCUT2D eigenvalue weighted by atomic mass is 16.5. The molecular formula is C14H19N3O2. The molecule has 0 spiro atoms. The van der Waals surface area contributed by atoms with Crippen molar-refractivity contribution in [3.8, 4) is 11.5 Å². The number of anilines is 1. The molecule has 0 bridgehead atoms. The Bertz CT molecular complexity index is 537. The molecule has 2 rings (SSSR count). The van der Waals surface area contributed by atoms with Crippen LogP contribution in [-0.4, -0.2) is 23.3 Å². The fourth-order valence-electron chi connectivity index (χ4n) is 1.80. The number of hydrogen-bond acceptors (Lipinski definition) is 4.